The summed E-state index contributed by atoms with van der Waals surface area (Å²) >= 11 is 0. The summed E-state index contributed by atoms with van der Waals surface area (Å²) in [4.78, 5) is 14.5. The van der Waals surface area contributed by atoms with Crippen LogP contribution in [0.1, 0.15) is 28.4 Å². The van der Waals surface area contributed by atoms with Crippen molar-refractivity contribution in [2.24, 2.45) is 0 Å². The summed E-state index contributed by atoms with van der Waals surface area (Å²) in [6.45, 7) is 3.96. The first kappa shape index (κ1) is 19.8. The van der Waals surface area contributed by atoms with Gasteiger partial charge in [0.25, 0.3) is 5.91 Å². The van der Waals surface area contributed by atoms with E-state index in [9.17, 15) is 4.79 Å². The number of aryl methyl sites for hydroxylation is 1. The van der Waals surface area contributed by atoms with Crippen molar-refractivity contribution in [2.75, 3.05) is 19.9 Å². The number of ether oxygens (including phenoxy) is 1. The Balaban J connectivity index is 0.00000288. The van der Waals surface area contributed by atoms with E-state index in [2.05, 4.69) is 0 Å². The molecule has 0 spiro atoms. The van der Waals surface area contributed by atoms with Gasteiger partial charge in [0.2, 0.25) is 0 Å². The zero-order valence-corrected chi connectivity index (χ0v) is 15.4. The Morgan fingerprint density at radius 1 is 1.25 bits per heavy atom. The van der Waals surface area contributed by atoms with Crippen LogP contribution in [0.3, 0.4) is 0 Å². The molecule has 0 aromatic heterocycles. The van der Waals surface area contributed by atoms with Gasteiger partial charge in [-0.2, -0.15) is 0 Å². The van der Waals surface area contributed by atoms with Crippen molar-refractivity contribution < 1.29 is 9.53 Å². The molecule has 5 heteroatoms. The maximum absolute atomic E-state index is 12.7. The molecule has 0 radical (unpaired) electrons. The molecule has 2 aromatic carbocycles. The molecule has 0 saturated heterocycles. The van der Waals surface area contributed by atoms with E-state index in [1.165, 1.54) is 0 Å². The van der Waals surface area contributed by atoms with Crippen LogP contribution < -0.4 is 10.5 Å². The Kier molecular flexibility index (Phi) is 7.11. The van der Waals surface area contributed by atoms with Gasteiger partial charge in [0.1, 0.15) is 5.75 Å². The molecular formula is C19H25ClN2O2. The van der Waals surface area contributed by atoms with Crippen LogP contribution in [0, 0.1) is 6.92 Å². The van der Waals surface area contributed by atoms with E-state index in [0.29, 0.717) is 11.3 Å². The van der Waals surface area contributed by atoms with Crippen molar-refractivity contribution >= 4 is 24.0 Å². The van der Waals surface area contributed by atoms with Gasteiger partial charge in [0.05, 0.1) is 7.11 Å². The molecule has 0 aliphatic heterocycles. The van der Waals surface area contributed by atoms with Crippen LogP contribution in [-0.4, -0.2) is 31.0 Å². The number of nitrogens with zero attached hydrogens (tertiary/aromatic N) is 1. The third kappa shape index (κ3) is 4.42. The summed E-state index contributed by atoms with van der Waals surface area (Å²) < 4.78 is 5.39. The first-order valence-electron chi connectivity index (χ1n) is 7.69. The molecule has 0 heterocycles. The highest BCUT2D eigenvalue weighted by atomic mass is 35.5. The second kappa shape index (κ2) is 8.60. The van der Waals surface area contributed by atoms with Gasteiger partial charge in [-0.3, -0.25) is 4.79 Å². The van der Waals surface area contributed by atoms with E-state index < -0.39 is 0 Å². The lowest BCUT2D eigenvalue weighted by atomic mass is 10.0. The number of halogens is 1. The molecule has 4 nitrogen and oxygen atoms in total. The maximum Gasteiger partial charge on any atom is 0.254 e. The summed E-state index contributed by atoms with van der Waals surface area (Å²) in [6.07, 6.45) is 0.730. The highest BCUT2D eigenvalue weighted by Crippen LogP contribution is 2.22. The lowest BCUT2D eigenvalue weighted by molar-refractivity contribution is 0.0742. The fourth-order valence-corrected chi connectivity index (χ4v) is 2.59. The number of nitrogens with two attached hydrogens (primary N) is 1. The van der Waals surface area contributed by atoms with E-state index in [0.717, 1.165) is 23.3 Å². The minimum atomic E-state index is -0.0165. The van der Waals surface area contributed by atoms with E-state index in [1.807, 2.05) is 57.3 Å². The number of benzene rings is 2. The SMILES string of the molecule is COc1ccccc1CC(C)N(C)C(=O)c1cc(N)ccc1C.Cl. The number of rotatable bonds is 5. The minimum absolute atomic E-state index is 0. The van der Waals surface area contributed by atoms with Gasteiger partial charge in [0.15, 0.2) is 0 Å². The Bertz CT molecular complexity index is 704. The summed E-state index contributed by atoms with van der Waals surface area (Å²) in [5, 5.41) is 0. The van der Waals surface area contributed by atoms with E-state index in [-0.39, 0.29) is 24.4 Å². The lowest BCUT2D eigenvalue weighted by Crippen LogP contribution is -2.36. The third-order valence-electron chi connectivity index (χ3n) is 4.18. The second-order valence-corrected chi connectivity index (χ2v) is 5.86. The van der Waals surface area contributed by atoms with Gasteiger partial charge in [-0.15, -0.1) is 12.4 Å². The van der Waals surface area contributed by atoms with Crippen LogP contribution in [0.2, 0.25) is 0 Å². The second-order valence-electron chi connectivity index (χ2n) is 5.86. The number of para-hydroxylation sites is 1. The molecule has 1 unspecified atom stereocenters. The van der Waals surface area contributed by atoms with Crippen molar-refractivity contribution in [3.63, 3.8) is 0 Å². The Morgan fingerprint density at radius 3 is 2.58 bits per heavy atom. The number of carbonyl (C=O) groups is 1. The highest BCUT2D eigenvalue weighted by Gasteiger charge is 2.20. The van der Waals surface area contributed by atoms with Gasteiger partial charge in [0, 0.05) is 24.3 Å². The quantitative estimate of drug-likeness (QED) is 0.838. The van der Waals surface area contributed by atoms with Crippen molar-refractivity contribution in [3.05, 3.63) is 59.2 Å². The zero-order valence-electron chi connectivity index (χ0n) is 14.6. The molecule has 0 aliphatic carbocycles. The van der Waals surface area contributed by atoms with Crippen molar-refractivity contribution in [2.45, 2.75) is 26.3 Å². The van der Waals surface area contributed by atoms with Crippen LogP contribution in [0.4, 0.5) is 5.69 Å². The van der Waals surface area contributed by atoms with Crippen LogP contribution in [0.25, 0.3) is 0 Å². The summed E-state index contributed by atoms with van der Waals surface area (Å²) in [6, 6.07) is 13.4. The fraction of sp³-hybridized carbons (Fsp3) is 0.316. The van der Waals surface area contributed by atoms with Gasteiger partial charge in [-0.1, -0.05) is 24.3 Å². The molecule has 0 fully saturated rings. The summed E-state index contributed by atoms with van der Waals surface area (Å²) in [5.41, 5.74) is 9.09. The molecule has 24 heavy (non-hydrogen) atoms. The topological polar surface area (TPSA) is 55.6 Å². The summed E-state index contributed by atoms with van der Waals surface area (Å²) in [5.74, 6) is 0.831. The predicted molar refractivity (Wildman–Crippen MR) is 101 cm³/mol. The molecule has 2 N–H and O–H groups in total. The zero-order chi connectivity index (χ0) is 17.0. The average Bonchev–Trinajstić information content (AvgIpc) is 2.56. The van der Waals surface area contributed by atoms with Crippen LogP contribution in [-0.2, 0) is 6.42 Å². The average molecular weight is 349 g/mol. The van der Waals surface area contributed by atoms with Gasteiger partial charge < -0.3 is 15.4 Å². The number of likely N-dealkylation sites (N-methyl/N-ethyl adjacent to an activating group) is 1. The Morgan fingerprint density at radius 2 is 1.92 bits per heavy atom. The van der Waals surface area contributed by atoms with E-state index in [4.69, 9.17) is 10.5 Å². The van der Waals surface area contributed by atoms with Gasteiger partial charge in [-0.25, -0.2) is 0 Å². The Labute approximate surface area is 150 Å². The number of nitrogen functional groups attached to an aromatic ring is 1. The van der Waals surface area contributed by atoms with E-state index >= 15 is 0 Å². The Hall–Kier alpha value is -2.20. The molecule has 0 aliphatic rings. The minimum Gasteiger partial charge on any atom is -0.496 e. The molecule has 130 valence electrons. The highest BCUT2D eigenvalue weighted by molar-refractivity contribution is 5.96. The normalized spacial score (nSPS) is 11.3. The molecular weight excluding hydrogens is 324 g/mol. The number of hydrogen-bond donors (Lipinski definition) is 1. The molecule has 0 bridgehead atoms. The number of anilines is 1. The molecule has 2 aromatic rings. The molecule has 2 rings (SSSR count). The van der Waals surface area contributed by atoms with Crippen molar-refractivity contribution in [1.29, 1.82) is 0 Å². The first-order valence-corrected chi connectivity index (χ1v) is 7.69. The smallest absolute Gasteiger partial charge is 0.254 e. The van der Waals surface area contributed by atoms with Gasteiger partial charge >= 0.3 is 0 Å². The van der Waals surface area contributed by atoms with Crippen LogP contribution >= 0.6 is 12.4 Å². The van der Waals surface area contributed by atoms with Crippen LogP contribution in [0.15, 0.2) is 42.5 Å². The molecule has 1 atom stereocenters. The van der Waals surface area contributed by atoms with E-state index in [1.54, 1.807) is 18.1 Å². The first-order chi connectivity index (χ1) is 10.9. The fourth-order valence-electron chi connectivity index (χ4n) is 2.59. The predicted octanol–water partition coefficient (Wildman–Crippen LogP) is 3.71. The number of amides is 1. The number of carbonyl (C=O) groups excluding carboxylic acids is 1. The van der Waals surface area contributed by atoms with Gasteiger partial charge in [-0.05, 0) is 49.6 Å². The van der Waals surface area contributed by atoms with Crippen LogP contribution in [0.5, 0.6) is 5.75 Å². The summed E-state index contributed by atoms with van der Waals surface area (Å²) in [7, 11) is 3.49. The molecule has 1 amide bonds. The van der Waals surface area contributed by atoms with Crippen molar-refractivity contribution in [1.82, 2.24) is 4.90 Å². The number of methoxy groups -OCH3 is 1. The third-order valence-corrected chi connectivity index (χ3v) is 4.18. The maximum atomic E-state index is 12.7. The monoisotopic (exact) mass is 348 g/mol. The largest absolute Gasteiger partial charge is 0.496 e. The van der Waals surface area contributed by atoms with Crippen molar-refractivity contribution in [3.8, 4) is 5.75 Å². The lowest BCUT2D eigenvalue weighted by Gasteiger charge is -2.26. The number of hydrogen-bond acceptors (Lipinski definition) is 3. The molecule has 0 saturated carbocycles. The standard InChI is InChI=1S/C19H24N2O2.ClH/c1-13-9-10-16(20)12-17(13)19(22)21(3)14(2)11-15-7-5-6-8-18(15)23-4;/h5-10,12,14H,11,20H2,1-4H3;1H.